The molecule has 3 N–H and O–H groups in total. The third-order valence-corrected chi connectivity index (χ3v) is 12.1. The van der Waals surface area contributed by atoms with Gasteiger partial charge in [-0.25, -0.2) is 14.2 Å². The minimum absolute atomic E-state index is 0.0172. The monoisotopic (exact) mass is 918 g/mol. The molecule has 1 amide bonds. The van der Waals surface area contributed by atoms with Gasteiger partial charge in [-0.2, -0.15) is 0 Å². The van der Waals surface area contributed by atoms with Gasteiger partial charge in [-0.15, -0.1) is 0 Å². The number of fused-ring (bicyclic) bond motifs is 1. The highest BCUT2D eigenvalue weighted by molar-refractivity contribution is 7.46. The van der Waals surface area contributed by atoms with E-state index >= 15 is 0 Å². The summed E-state index contributed by atoms with van der Waals surface area (Å²) >= 11 is 0. The van der Waals surface area contributed by atoms with Crippen molar-refractivity contribution in [3.63, 3.8) is 0 Å². The maximum absolute atomic E-state index is 13.5. The molecule has 0 aliphatic carbocycles. The standard InChI is InChI=1S/C51H84NO11P/c1-3-5-7-9-11-13-15-19-23-27-37-60-48(53)36-35-47(51(56)62-39-29-25-20-16-14-12-10-8-6-4-2)52-49(54)45-33-31-44-42-46(34-32-43(44)41-45)50(55)61-38-28-24-21-17-18-22-26-30-40-63-64(57,58)59/h31-34,41-42,47H,3-30,35-40H2,1-2H3,(H,52,54)(H2,57,58,59)/t47-/m0/s1. The maximum atomic E-state index is 13.5. The van der Waals surface area contributed by atoms with Crippen molar-refractivity contribution in [1.82, 2.24) is 5.32 Å². The molecule has 0 spiro atoms. The van der Waals surface area contributed by atoms with Gasteiger partial charge in [-0.05, 0) is 67.1 Å². The Morgan fingerprint density at radius 3 is 1.38 bits per heavy atom. The molecule has 1 atom stereocenters. The Hall–Kier alpha value is -3.31. The van der Waals surface area contributed by atoms with E-state index in [2.05, 4.69) is 23.7 Å². The zero-order valence-electron chi connectivity index (χ0n) is 39.6. The second-order valence-electron chi connectivity index (χ2n) is 17.4. The zero-order valence-corrected chi connectivity index (χ0v) is 40.5. The van der Waals surface area contributed by atoms with E-state index in [4.69, 9.17) is 24.0 Å². The summed E-state index contributed by atoms with van der Waals surface area (Å²) in [6.45, 7) is 5.44. The van der Waals surface area contributed by atoms with Crippen molar-refractivity contribution in [2.45, 2.75) is 213 Å². The normalized spacial score (nSPS) is 12.0. The molecular formula is C51H84NO11P. The van der Waals surface area contributed by atoms with Gasteiger partial charge < -0.3 is 29.3 Å². The Balaban J connectivity index is 1.83. The number of phosphoric ester groups is 1. The molecule has 364 valence electrons. The van der Waals surface area contributed by atoms with Gasteiger partial charge in [0.05, 0.1) is 32.0 Å². The van der Waals surface area contributed by atoms with Crippen LogP contribution in [0.25, 0.3) is 10.8 Å². The van der Waals surface area contributed by atoms with Crippen LogP contribution < -0.4 is 5.32 Å². The largest absolute Gasteiger partial charge is 0.469 e. The Morgan fingerprint density at radius 2 is 0.906 bits per heavy atom. The highest BCUT2D eigenvalue weighted by Gasteiger charge is 2.25. The third kappa shape index (κ3) is 29.3. The Kier molecular flexibility index (Phi) is 32.7. The number of unbranched alkanes of at least 4 members (excludes halogenated alkanes) is 25. The van der Waals surface area contributed by atoms with Gasteiger partial charge in [0, 0.05) is 12.0 Å². The number of hydrogen-bond acceptors (Lipinski definition) is 9. The second-order valence-corrected chi connectivity index (χ2v) is 18.6. The summed E-state index contributed by atoms with van der Waals surface area (Å²) in [4.78, 5) is 69.8. The molecule has 0 aliphatic rings. The van der Waals surface area contributed by atoms with E-state index < -0.39 is 37.7 Å². The van der Waals surface area contributed by atoms with Crippen molar-refractivity contribution < 1.29 is 52.3 Å². The number of ether oxygens (including phenoxy) is 3. The van der Waals surface area contributed by atoms with E-state index in [1.54, 1.807) is 36.4 Å². The zero-order chi connectivity index (χ0) is 46.5. The molecule has 0 aliphatic heterocycles. The first-order valence-corrected chi connectivity index (χ1v) is 26.6. The first-order valence-electron chi connectivity index (χ1n) is 25.1. The van der Waals surface area contributed by atoms with Crippen molar-refractivity contribution in [2.75, 3.05) is 26.4 Å². The second kappa shape index (κ2) is 36.9. The predicted molar refractivity (Wildman–Crippen MR) is 255 cm³/mol. The average molecular weight is 918 g/mol. The van der Waals surface area contributed by atoms with E-state index in [-0.39, 0.29) is 26.1 Å². The molecule has 0 radical (unpaired) electrons. The van der Waals surface area contributed by atoms with E-state index in [9.17, 15) is 23.7 Å². The van der Waals surface area contributed by atoms with Gasteiger partial charge >= 0.3 is 25.7 Å². The molecule has 0 heterocycles. The summed E-state index contributed by atoms with van der Waals surface area (Å²) in [7, 11) is -4.38. The summed E-state index contributed by atoms with van der Waals surface area (Å²) in [6.07, 6.45) is 30.8. The van der Waals surface area contributed by atoms with Crippen molar-refractivity contribution in [3.05, 3.63) is 47.5 Å². The van der Waals surface area contributed by atoms with Crippen LogP contribution in [-0.2, 0) is 32.9 Å². The molecule has 2 rings (SSSR count). The van der Waals surface area contributed by atoms with Crippen LogP contribution in [0.4, 0.5) is 0 Å². The van der Waals surface area contributed by atoms with Crippen LogP contribution >= 0.6 is 7.82 Å². The van der Waals surface area contributed by atoms with Crippen molar-refractivity contribution in [3.8, 4) is 0 Å². The minimum Gasteiger partial charge on any atom is -0.466 e. The van der Waals surface area contributed by atoms with Crippen LogP contribution in [0.1, 0.15) is 227 Å². The van der Waals surface area contributed by atoms with Gasteiger partial charge in [0.15, 0.2) is 0 Å². The molecule has 13 heteroatoms. The van der Waals surface area contributed by atoms with Gasteiger partial charge in [0.2, 0.25) is 0 Å². The van der Waals surface area contributed by atoms with Crippen LogP contribution in [0, 0.1) is 0 Å². The Bertz CT molecular complexity index is 1610. The first kappa shape index (κ1) is 56.8. The lowest BCUT2D eigenvalue weighted by Gasteiger charge is -2.18. The molecule has 0 saturated carbocycles. The SMILES string of the molecule is CCCCCCCCCCCCOC(=O)CC[C@H](NC(=O)c1ccc2cc(C(=O)OCCCCCCCCCCOP(=O)(O)O)ccc2c1)C(=O)OCCCCCCCCCCCC. The first-order chi connectivity index (χ1) is 31.0. The number of carbonyl (C=O) groups is 4. The minimum atomic E-state index is -4.38. The van der Waals surface area contributed by atoms with Gasteiger partial charge in [0.1, 0.15) is 6.04 Å². The molecular weight excluding hydrogens is 834 g/mol. The van der Waals surface area contributed by atoms with E-state index in [1.807, 2.05) is 0 Å². The maximum Gasteiger partial charge on any atom is 0.469 e. The van der Waals surface area contributed by atoms with E-state index in [1.165, 1.54) is 89.9 Å². The highest BCUT2D eigenvalue weighted by atomic mass is 31.2. The molecule has 0 saturated heterocycles. The van der Waals surface area contributed by atoms with Crippen LogP contribution in [0.15, 0.2) is 36.4 Å². The van der Waals surface area contributed by atoms with Crippen LogP contribution in [-0.4, -0.2) is 66.1 Å². The molecule has 2 aromatic rings. The topological polar surface area (TPSA) is 175 Å². The summed E-state index contributed by atoms with van der Waals surface area (Å²) in [5, 5.41) is 4.33. The lowest BCUT2D eigenvalue weighted by Crippen LogP contribution is -2.42. The number of rotatable bonds is 41. The van der Waals surface area contributed by atoms with Crippen molar-refractivity contribution in [2.24, 2.45) is 0 Å². The number of phosphoric acid groups is 1. The quantitative estimate of drug-likeness (QED) is 0.0250. The Labute approximate surface area is 385 Å². The molecule has 0 unspecified atom stereocenters. The summed E-state index contributed by atoms with van der Waals surface area (Å²) in [5.41, 5.74) is 0.755. The van der Waals surface area contributed by atoms with Gasteiger partial charge in [0.25, 0.3) is 5.91 Å². The van der Waals surface area contributed by atoms with Crippen LogP contribution in [0.5, 0.6) is 0 Å². The fraction of sp³-hybridized carbons (Fsp3) is 0.725. The van der Waals surface area contributed by atoms with E-state index in [0.717, 1.165) is 94.2 Å². The summed E-state index contributed by atoms with van der Waals surface area (Å²) in [5.74, 6) is -1.83. The fourth-order valence-corrected chi connectivity index (χ4v) is 8.04. The third-order valence-electron chi connectivity index (χ3n) is 11.6. The number of nitrogens with one attached hydrogen (secondary N) is 1. The smallest absolute Gasteiger partial charge is 0.466 e. The fourth-order valence-electron chi connectivity index (χ4n) is 7.67. The summed E-state index contributed by atoms with van der Waals surface area (Å²) < 4.78 is 31.8. The van der Waals surface area contributed by atoms with Crippen molar-refractivity contribution >= 4 is 42.4 Å². The number of esters is 3. The molecule has 12 nitrogen and oxygen atoms in total. The molecule has 0 bridgehead atoms. The van der Waals surface area contributed by atoms with E-state index in [0.29, 0.717) is 30.8 Å². The highest BCUT2D eigenvalue weighted by Crippen LogP contribution is 2.35. The number of carbonyl (C=O) groups excluding carboxylic acids is 4. The number of benzene rings is 2. The Morgan fingerprint density at radius 1 is 0.516 bits per heavy atom. The molecule has 2 aromatic carbocycles. The van der Waals surface area contributed by atoms with Gasteiger partial charge in [-0.1, -0.05) is 180 Å². The van der Waals surface area contributed by atoms with Gasteiger partial charge in [-0.3, -0.25) is 14.1 Å². The molecule has 0 fully saturated rings. The number of amides is 1. The molecule has 0 aromatic heterocycles. The predicted octanol–water partition coefficient (Wildman–Crippen LogP) is 13.0. The van der Waals surface area contributed by atoms with Crippen LogP contribution in [0.3, 0.4) is 0 Å². The lowest BCUT2D eigenvalue weighted by molar-refractivity contribution is -0.147. The lowest BCUT2D eigenvalue weighted by atomic mass is 10.0. The van der Waals surface area contributed by atoms with Crippen molar-refractivity contribution in [1.29, 1.82) is 0 Å². The average Bonchev–Trinajstić information content (AvgIpc) is 3.28. The summed E-state index contributed by atoms with van der Waals surface area (Å²) in [6, 6.07) is 9.28. The van der Waals surface area contributed by atoms with Crippen LogP contribution in [0.2, 0.25) is 0 Å². The number of hydrogen-bond donors (Lipinski definition) is 3. The molecule has 64 heavy (non-hydrogen) atoms.